The van der Waals surface area contributed by atoms with E-state index in [2.05, 4.69) is 231 Å². The highest BCUT2D eigenvalue weighted by atomic mass is 15.1. The number of benzene rings is 9. The summed E-state index contributed by atoms with van der Waals surface area (Å²) >= 11 is 0. The number of nitrogens with zero attached hydrogens (tertiary/aromatic N) is 1. The van der Waals surface area contributed by atoms with E-state index >= 15 is 0 Å². The first-order valence-corrected chi connectivity index (χ1v) is 19.5. The molecule has 0 amide bonds. The van der Waals surface area contributed by atoms with Gasteiger partial charge in [-0.15, -0.1) is 0 Å². The van der Waals surface area contributed by atoms with Crippen molar-refractivity contribution in [3.8, 4) is 55.6 Å². The number of para-hydroxylation sites is 1. The second kappa shape index (κ2) is 13.7. The molecule has 0 aliphatic heterocycles. The van der Waals surface area contributed by atoms with Gasteiger partial charge in [0.2, 0.25) is 0 Å². The molecule has 0 spiro atoms. The van der Waals surface area contributed by atoms with E-state index in [4.69, 9.17) is 0 Å². The van der Waals surface area contributed by atoms with Gasteiger partial charge in [0.1, 0.15) is 0 Å². The lowest BCUT2D eigenvalue weighted by molar-refractivity contribution is 0.660. The summed E-state index contributed by atoms with van der Waals surface area (Å²) in [6.45, 7) is 4.69. The van der Waals surface area contributed by atoms with Crippen LogP contribution in [0.5, 0.6) is 0 Å². The minimum Gasteiger partial charge on any atom is -0.310 e. The maximum atomic E-state index is 2.40. The van der Waals surface area contributed by atoms with Gasteiger partial charge in [0, 0.05) is 22.4 Å². The molecule has 0 saturated heterocycles. The van der Waals surface area contributed by atoms with Crippen LogP contribution in [0.2, 0.25) is 0 Å². The van der Waals surface area contributed by atoms with Gasteiger partial charge in [0.05, 0.1) is 5.69 Å². The Morgan fingerprint density at radius 1 is 0.321 bits per heavy atom. The van der Waals surface area contributed by atoms with Crippen molar-refractivity contribution in [3.63, 3.8) is 0 Å². The molecule has 0 aromatic heterocycles. The average Bonchev–Trinajstić information content (AvgIpc) is 3.50. The third-order valence-electron chi connectivity index (χ3n) is 11.7. The van der Waals surface area contributed by atoms with Gasteiger partial charge in [0.25, 0.3) is 0 Å². The molecule has 266 valence electrons. The Hall–Kier alpha value is -6.96. The van der Waals surface area contributed by atoms with Gasteiger partial charge >= 0.3 is 0 Å². The van der Waals surface area contributed by atoms with E-state index in [-0.39, 0.29) is 5.41 Å². The lowest BCUT2D eigenvalue weighted by atomic mass is 9.81. The molecule has 1 aliphatic carbocycles. The normalized spacial score (nSPS) is 12.6. The molecule has 0 fully saturated rings. The zero-order valence-electron chi connectivity index (χ0n) is 31.7. The SMILES string of the molecule is CC1(C)c2ccccc2-c2ccc(-c3ccc(N(c4ccc(-c5cccc(-c6cccc7ccccc67)c5)cc4)c4ccccc4-c4ccccc4)cc3)cc21. The van der Waals surface area contributed by atoms with Gasteiger partial charge in [-0.25, -0.2) is 0 Å². The maximum Gasteiger partial charge on any atom is 0.0540 e. The molecule has 9 aromatic rings. The van der Waals surface area contributed by atoms with Crippen molar-refractivity contribution < 1.29 is 0 Å². The van der Waals surface area contributed by atoms with E-state index in [0.717, 1.165) is 17.1 Å². The minimum atomic E-state index is -0.0385. The van der Waals surface area contributed by atoms with Crippen molar-refractivity contribution in [2.24, 2.45) is 0 Å². The number of hydrogen-bond donors (Lipinski definition) is 0. The summed E-state index contributed by atoms with van der Waals surface area (Å²) in [4.78, 5) is 2.39. The van der Waals surface area contributed by atoms with E-state index in [1.807, 2.05) is 0 Å². The molecule has 1 heteroatoms. The van der Waals surface area contributed by atoms with Crippen LogP contribution in [-0.2, 0) is 5.41 Å². The molecule has 0 unspecified atom stereocenters. The van der Waals surface area contributed by atoms with E-state index in [9.17, 15) is 0 Å². The van der Waals surface area contributed by atoms with E-state index in [1.165, 1.54) is 77.5 Å². The van der Waals surface area contributed by atoms with Crippen molar-refractivity contribution >= 4 is 27.8 Å². The highest BCUT2D eigenvalue weighted by molar-refractivity contribution is 5.97. The van der Waals surface area contributed by atoms with Crippen LogP contribution >= 0.6 is 0 Å². The average molecular weight is 716 g/mol. The molecule has 0 atom stereocenters. The van der Waals surface area contributed by atoms with E-state index in [1.54, 1.807) is 0 Å². The zero-order valence-corrected chi connectivity index (χ0v) is 31.7. The Labute approximate surface area is 329 Å². The van der Waals surface area contributed by atoms with Gasteiger partial charge in [0.15, 0.2) is 0 Å². The molecular formula is C55H41N. The molecule has 0 radical (unpaired) electrons. The Morgan fingerprint density at radius 3 is 1.61 bits per heavy atom. The summed E-state index contributed by atoms with van der Waals surface area (Å²) < 4.78 is 0. The van der Waals surface area contributed by atoms with Crippen LogP contribution < -0.4 is 4.90 Å². The van der Waals surface area contributed by atoms with Gasteiger partial charge in [-0.1, -0.05) is 184 Å². The highest BCUT2D eigenvalue weighted by Gasteiger charge is 2.35. The van der Waals surface area contributed by atoms with Crippen LogP contribution in [-0.4, -0.2) is 0 Å². The Balaban J connectivity index is 1.03. The van der Waals surface area contributed by atoms with Crippen LogP contribution in [0.1, 0.15) is 25.0 Å². The van der Waals surface area contributed by atoms with Crippen LogP contribution in [0, 0.1) is 0 Å². The lowest BCUT2D eigenvalue weighted by Gasteiger charge is -2.28. The first-order chi connectivity index (χ1) is 27.5. The van der Waals surface area contributed by atoms with Crippen LogP contribution in [0.4, 0.5) is 17.1 Å². The Bertz CT molecular complexity index is 2860. The highest BCUT2D eigenvalue weighted by Crippen LogP contribution is 2.50. The Kier molecular flexibility index (Phi) is 8.23. The summed E-state index contributed by atoms with van der Waals surface area (Å²) in [5.74, 6) is 0. The predicted molar refractivity (Wildman–Crippen MR) is 238 cm³/mol. The monoisotopic (exact) mass is 715 g/mol. The molecule has 9 aromatic carbocycles. The van der Waals surface area contributed by atoms with Crippen molar-refractivity contribution in [2.45, 2.75) is 19.3 Å². The summed E-state index contributed by atoms with van der Waals surface area (Å²) in [5.41, 5.74) is 18.5. The number of rotatable bonds is 7. The molecule has 56 heavy (non-hydrogen) atoms. The van der Waals surface area contributed by atoms with Gasteiger partial charge < -0.3 is 4.90 Å². The van der Waals surface area contributed by atoms with Gasteiger partial charge in [-0.05, 0) is 114 Å². The molecule has 0 saturated carbocycles. The molecule has 10 rings (SSSR count). The third kappa shape index (κ3) is 5.81. The standard InChI is InChI=1S/C55H41N/c1-55(2)52-24-10-8-22-50(52)51-35-30-43(37-53(51)55)39-28-33-46(34-29-39)56(54-25-11-9-21-49(54)41-14-4-3-5-15-41)45-31-26-38(27-32-45)42-18-12-19-44(36-42)48-23-13-17-40-16-6-7-20-47(40)48/h3-37H,1-2H3. The molecule has 1 aliphatic rings. The van der Waals surface area contributed by atoms with Crippen LogP contribution in [0.25, 0.3) is 66.4 Å². The molecular weight excluding hydrogens is 675 g/mol. The van der Waals surface area contributed by atoms with Crippen molar-refractivity contribution in [3.05, 3.63) is 223 Å². The first kappa shape index (κ1) is 33.6. The quantitative estimate of drug-likeness (QED) is 0.159. The fourth-order valence-electron chi connectivity index (χ4n) is 8.79. The molecule has 1 nitrogen and oxygen atoms in total. The maximum absolute atomic E-state index is 2.40. The number of fused-ring (bicyclic) bond motifs is 4. The lowest BCUT2D eigenvalue weighted by Crippen LogP contribution is -2.14. The number of anilines is 3. The third-order valence-corrected chi connectivity index (χ3v) is 11.7. The Morgan fingerprint density at radius 2 is 0.839 bits per heavy atom. The van der Waals surface area contributed by atoms with Gasteiger partial charge in [-0.2, -0.15) is 0 Å². The fraction of sp³-hybridized carbons (Fsp3) is 0.0545. The summed E-state index contributed by atoms with van der Waals surface area (Å²) in [5, 5.41) is 2.53. The minimum absolute atomic E-state index is 0.0385. The smallest absolute Gasteiger partial charge is 0.0540 e. The second-order valence-corrected chi connectivity index (χ2v) is 15.4. The van der Waals surface area contributed by atoms with E-state index in [0.29, 0.717) is 0 Å². The first-order valence-electron chi connectivity index (χ1n) is 19.5. The topological polar surface area (TPSA) is 3.24 Å². The second-order valence-electron chi connectivity index (χ2n) is 15.4. The van der Waals surface area contributed by atoms with E-state index < -0.39 is 0 Å². The van der Waals surface area contributed by atoms with Crippen molar-refractivity contribution in [1.82, 2.24) is 0 Å². The van der Waals surface area contributed by atoms with Gasteiger partial charge in [-0.3, -0.25) is 0 Å². The zero-order chi connectivity index (χ0) is 37.6. The van der Waals surface area contributed by atoms with Crippen LogP contribution in [0.3, 0.4) is 0 Å². The van der Waals surface area contributed by atoms with Crippen molar-refractivity contribution in [2.75, 3.05) is 4.90 Å². The largest absolute Gasteiger partial charge is 0.310 e. The predicted octanol–water partition coefficient (Wildman–Crippen LogP) is 15.3. The summed E-state index contributed by atoms with van der Waals surface area (Å²) in [6, 6.07) is 77.5. The molecule has 0 heterocycles. The summed E-state index contributed by atoms with van der Waals surface area (Å²) in [7, 11) is 0. The molecule has 0 bridgehead atoms. The number of hydrogen-bond acceptors (Lipinski definition) is 1. The molecule has 0 N–H and O–H groups in total. The van der Waals surface area contributed by atoms with Crippen molar-refractivity contribution in [1.29, 1.82) is 0 Å². The summed E-state index contributed by atoms with van der Waals surface area (Å²) in [6.07, 6.45) is 0. The fourth-order valence-corrected chi connectivity index (χ4v) is 8.79. The van der Waals surface area contributed by atoms with Crippen LogP contribution in [0.15, 0.2) is 212 Å².